The fourth-order valence-electron chi connectivity index (χ4n) is 3.88. The molecule has 0 spiro atoms. The van der Waals surface area contributed by atoms with E-state index >= 15 is 0 Å². The van der Waals surface area contributed by atoms with Gasteiger partial charge in [0.2, 0.25) is 11.8 Å². The van der Waals surface area contributed by atoms with E-state index in [2.05, 4.69) is 29.0 Å². The molecule has 0 saturated carbocycles. The number of hydrogen-bond donors (Lipinski definition) is 1. The Morgan fingerprint density at radius 2 is 2.04 bits per heavy atom. The van der Waals surface area contributed by atoms with Crippen LogP contribution in [-0.4, -0.2) is 53.9 Å². The van der Waals surface area contributed by atoms with E-state index in [0.717, 1.165) is 31.7 Å². The molecule has 6 nitrogen and oxygen atoms in total. The van der Waals surface area contributed by atoms with Crippen LogP contribution in [0.1, 0.15) is 33.1 Å². The predicted octanol–water partition coefficient (Wildman–Crippen LogP) is 2.09. The number of anilines is 1. The van der Waals surface area contributed by atoms with E-state index in [-0.39, 0.29) is 30.3 Å². The SMILES string of the molecule is CC(C)[C@H]1CN(c2ccncc2)C[C@@H]1NC(=O)CCN1CCCC1=O.Cl. The summed E-state index contributed by atoms with van der Waals surface area (Å²) in [5.74, 6) is 1.15. The van der Waals surface area contributed by atoms with Crippen LogP contribution in [-0.2, 0) is 9.59 Å². The lowest BCUT2D eigenvalue weighted by Crippen LogP contribution is -2.43. The number of nitrogens with zero attached hydrogens (tertiary/aromatic N) is 3. The number of halogens is 1. The molecule has 1 N–H and O–H groups in total. The molecule has 0 unspecified atom stereocenters. The van der Waals surface area contributed by atoms with Crippen molar-refractivity contribution >= 4 is 29.9 Å². The third kappa shape index (κ3) is 4.87. The molecule has 7 heteroatoms. The van der Waals surface area contributed by atoms with E-state index < -0.39 is 0 Å². The molecule has 0 aromatic carbocycles. The van der Waals surface area contributed by atoms with Crippen LogP contribution in [0.3, 0.4) is 0 Å². The Labute approximate surface area is 161 Å². The zero-order chi connectivity index (χ0) is 17.8. The van der Waals surface area contributed by atoms with Crippen LogP contribution in [0.25, 0.3) is 0 Å². The summed E-state index contributed by atoms with van der Waals surface area (Å²) in [6.45, 7) is 7.52. The summed E-state index contributed by atoms with van der Waals surface area (Å²) in [6, 6.07) is 4.18. The summed E-state index contributed by atoms with van der Waals surface area (Å²) in [7, 11) is 0. The number of carbonyl (C=O) groups excluding carboxylic acids is 2. The second-order valence-electron chi connectivity index (χ2n) is 7.43. The molecule has 1 aromatic rings. The second-order valence-corrected chi connectivity index (χ2v) is 7.43. The number of likely N-dealkylation sites (tertiary alicyclic amines) is 1. The van der Waals surface area contributed by atoms with Crippen molar-refractivity contribution in [1.29, 1.82) is 0 Å². The molecule has 26 heavy (non-hydrogen) atoms. The molecule has 0 radical (unpaired) electrons. The fraction of sp³-hybridized carbons (Fsp3) is 0.632. The van der Waals surface area contributed by atoms with Crippen LogP contribution in [0.4, 0.5) is 5.69 Å². The van der Waals surface area contributed by atoms with Crippen molar-refractivity contribution < 1.29 is 9.59 Å². The van der Waals surface area contributed by atoms with E-state index in [0.29, 0.717) is 31.2 Å². The highest BCUT2D eigenvalue weighted by molar-refractivity contribution is 5.85. The Morgan fingerprint density at radius 3 is 2.65 bits per heavy atom. The molecule has 2 aliphatic heterocycles. The smallest absolute Gasteiger partial charge is 0.222 e. The van der Waals surface area contributed by atoms with Crippen LogP contribution >= 0.6 is 12.4 Å². The van der Waals surface area contributed by atoms with Gasteiger partial charge in [-0.05, 0) is 24.5 Å². The van der Waals surface area contributed by atoms with Crippen molar-refractivity contribution in [3.05, 3.63) is 24.5 Å². The fourth-order valence-corrected chi connectivity index (χ4v) is 3.88. The highest BCUT2D eigenvalue weighted by Gasteiger charge is 2.35. The van der Waals surface area contributed by atoms with Gasteiger partial charge < -0.3 is 15.1 Å². The first-order chi connectivity index (χ1) is 12.0. The van der Waals surface area contributed by atoms with Gasteiger partial charge in [0.25, 0.3) is 0 Å². The lowest BCUT2D eigenvalue weighted by atomic mass is 9.91. The molecular weight excluding hydrogens is 352 g/mol. The molecule has 3 heterocycles. The van der Waals surface area contributed by atoms with Gasteiger partial charge in [-0.25, -0.2) is 0 Å². The molecule has 2 amide bonds. The van der Waals surface area contributed by atoms with E-state index in [1.807, 2.05) is 12.1 Å². The Balaban J connectivity index is 0.00000243. The van der Waals surface area contributed by atoms with Crippen molar-refractivity contribution in [1.82, 2.24) is 15.2 Å². The molecule has 2 atom stereocenters. The molecule has 2 saturated heterocycles. The highest BCUT2D eigenvalue weighted by atomic mass is 35.5. The molecule has 2 aliphatic rings. The van der Waals surface area contributed by atoms with Gasteiger partial charge in [-0.2, -0.15) is 0 Å². The first kappa shape index (κ1) is 20.5. The monoisotopic (exact) mass is 380 g/mol. The van der Waals surface area contributed by atoms with E-state index in [1.54, 1.807) is 17.3 Å². The average Bonchev–Trinajstić information content (AvgIpc) is 3.20. The Morgan fingerprint density at radius 1 is 1.31 bits per heavy atom. The van der Waals surface area contributed by atoms with Crippen molar-refractivity contribution in [2.45, 2.75) is 39.2 Å². The minimum Gasteiger partial charge on any atom is -0.369 e. The van der Waals surface area contributed by atoms with Gasteiger partial charge in [0, 0.05) is 63.0 Å². The van der Waals surface area contributed by atoms with Gasteiger partial charge in [0.1, 0.15) is 0 Å². The van der Waals surface area contributed by atoms with Crippen LogP contribution in [0.5, 0.6) is 0 Å². The van der Waals surface area contributed by atoms with Crippen LogP contribution in [0.15, 0.2) is 24.5 Å². The number of pyridine rings is 1. The maximum Gasteiger partial charge on any atom is 0.222 e. The number of hydrogen-bond acceptors (Lipinski definition) is 4. The number of carbonyl (C=O) groups is 2. The quantitative estimate of drug-likeness (QED) is 0.820. The predicted molar refractivity (Wildman–Crippen MR) is 104 cm³/mol. The molecule has 0 bridgehead atoms. The van der Waals surface area contributed by atoms with Gasteiger partial charge in [-0.15, -0.1) is 12.4 Å². The number of aromatic nitrogens is 1. The summed E-state index contributed by atoms with van der Waals surface area (Å²) in [4.78, 5) is 32.3. The lowest BCUT2D eigenvalue weighted by Gasteiger charge is -2.23. The van der Waals surface area contributed by atoms with Crippen molar-refractivity contribution in [2.75, 3.05) is 31.1 Å². The summed E-state index contributed by atoms with van der Waals surface area (Å²) in [5.41, 5.74) is 1.15. The van der Waals surface area contributed by atoms with Crippen LogP contribution < -0.4 is 10.2 Å². The summed E-state index contributed by atoms with van der Waals surface area (Å²) < 4.78 is 0. The Hall–Kier alpha value is -1.82. The molecule has 144 valence electrons. The third-order valence-corrected chi connectivity index (χ3v) is 5.38. The highest BCUT2D eigenvalue weighted by Crippen LogP contribution is 2.28. The first-order valence-corrected chi connectivity index (χ1v) is 9.26. The molecule has 0 aliphatic carbocycles. The summed E-state index contributed by atoms with van der Waals surface area (Å²) >= 11 is 0. The van der Waals surface area contributed by atoms with Crippen molar-refractivity contribution in [3.8, 4) is 0 Å². The number of rotatable bonds is 6. The van der Waals surface area contributed by atoms with E-state index in [4.69, 9.17) is 0 Å². The zero-order valence-electron chi connectivity index (χ0n) is 15.6. The van der Waals surface area contributed by atoms with Gasteiger partial charge in [-0.1, -0.05) is 13.8 Å². The third-order valence-electron chi connectivity index (χ3n) is 5.38. The van der Waals surface area contributed by atoms with Crippen molar-refractivity contribution in [3.63, 3.8) is 0 Å². The van der Waals surface area contributed by atoms with Gasteiger partial charge in [0.05, 0.1) is 6.04 Å². The van der Waals surface area contributed by atoms with Gasteiger partial charge >= 0.3 is 0 Å². The van der Waals surface area contributed by atoms with Crippen LogP contribution in [0, 0.1) is 11.8 Å². The molecule has 2 fully saturated rings. The first-order valence-electron chi connectivity index (χ1n) is 9.26. The number of amides is 2. The normalized spacial score (nSPS) is 22.7. The maximum atomic E-state index is 12.4. The Bertz CT molecular complexity index is 611. The number of nitrogens with one attached hydrogen (secondary N) is 1. The minimum atomic E-state index is 0. The maximum absolute atomic E-state index is 12.4. The molecule has 3 rings (SSSR count). The van der Waals surface area contributed by atoms with E-state index in [1.165, 1.54) is 0 Å². The van der Waals surface area contributed by atoms with Crippen molar-refractivity contribution in [2.24, 2.45) is 11.8 Å². The molecular formula is C19H29ClN4O2. The zero-order valence-corrected chi connectivity index (χ0v) is 16.4. The summed E-state index contributed by atoms with van der Waals surface area (Å²) in [6.07, 6.45) is 5.54. The average molecular weight is 381 g/mol. The topological polar surface area (TPSA) is 65.5 Å². The van der Waals surface area contributed by atoms with Gasteiger partial charge in [0.15, 0.2) is 0 Å². The van der Waals surface area contributed by atoms with Gasteiger partial charge in [-0.3, -0.25) is 14.6 Å². The second kappa shape index (κ2) is 9.21. The largest absolute Gasteiger partial charge is 0.369 e. The minimum absolute atomic E-state index is 0. The Kier molecular flexibility index (Phi) is 7.26. The standard InChI is InChI=1S/C19H28N4O2.ClH/c1-14(2)16-12-23(15-5-8-20-9-6-15)13-17(16)21-18(24)7-11-22-10-3-4-19(22)25;/h5-6,8-9,14,16-17H,3-4,7,10-13H2,1-2H3,(H,21,24);1H/t16-,17+;/m1./s1. The van der Waals surface area contributed by atoms with Crippen LogP contribution in [0.2, 0.25) is 0 Å². The lowest BCUT2D eigenvalue weighted by molar-refractivity contribution is -0.128. The van der Waals surface area contributed by atoms with E-state index in [9.17, 15) is 9.59 Å². The molecule has 1 aromatic heterocycles. The summed E-state index contributed by atoms with van der Waals surface area (Å²) in [5, 5.41) is 3.21.